The first-order chi connectivity index (χ1) is 9.17. The van der Waals surface area contributed by atoms with Gasteiger partial charge in [0.1, 0.15) is 10.5 Å². The van der Waals surface area contributed by atoms with Crippen LogP contribution < -0.4 is 5.73 Å². The maximum Gasteiger partial charge on any atom is 0.192 e. The highest BCUT2D eigenvalue weighted by molar-refractivity contribution is 9.11. The number of hydrogen-bond donors (Lipinski definition) is 1. The van der Waals surface area contributed by atoms with Crippen molar-refractivity contribution in [3.63, 3.8) is 0 Å². The number of aromatic nitrogens is 2. The van der Waals surface area contributed by atoms with Crippen molar-refractivity contribution in [2.24, 2.45) is 5.73 Å². The van der Waals surface area contributed by atoms with E-state index in [0.29, 0.717) is 12.4 Å². The number of halogens is 1. The first-order valence-corrected chi connectivity index (χ1v) is 7.51. The first-order valence-electron chi connectivity index (χ1n) is 5.90. The Morgan fingerprint density at radius 2 is 2.21 bits per heavy atom. The van der Waals surface area contributed by atoms with E-state index in [1.165, 1.54) is 0 Å². The van der Waals surface area contributed by atoms with Gasteiger partial charge >= 0.3 is 0 Å². The van der Waals surface area contributed by atoms with Crippen LogP contribution in [0.5, 0.6) is 0 Å². The van der Waals surface area contributed by atoms with Gasteiger partial charge in [-0.3, -0.25) is 0 Å². The molecule has 6 heteroatoms. The van der Waals surface area contributed by atoms with Crippen molar-refractivity contribution in [3.05, 3.63) is 33.6 Å². The quantitative estimate of drug-likeness (QED) is 0.794. The molecule has 19 heavy (non-hydrogen) atoms. The molecule has 1 aromatic carbocycles. The maximum atomic E-state index is 5.58. The molecule has 4 nitrogen and oxygen atoms in total. The molecule has 0 unspecified atom stereocenters. The van der Waals surface area contributed by atoms with Gasteiger partial charge in [0.2, 0.25) is 0 Å². The van der Waals surface area contributed by atoms with Crippen LogP contribution in [0, 0.1) is 6.92 Å². The second kappa shape index (κ2) is 5.03. The maximum absolute atomic E-state index is 5.58. The zero-order chi connectivity index (χ0) is 13.4. The van der Waals surface area contributed by atoms with Crippen LogP contribution in [0.15, 0.2) is 26.4 Å². The molecule has 2 heterocycles. The van der Waals surface area contributed by atoms with Gasteiger partial charge in [0.25, 0.3) is 0 Å². The predicted molar refractivity (Wildman–Crippen MR) is 80.3 cm³/mol. The number of fused-ring (bicyclic) bond motifs is 1. The molecule has 0 aliphatic carbocycles. The van der Waals surface area contributed by atoms with Crippen LogP contribution in [0.2, 0.25) is 0 Å². The number of aryl methyl sites for hydroxylation is 1. The molecule has 0 amide bonds. The average molecular weight is 338 g/mol. The summed E-state index contributed by atoms with van der Waals surface area (Å²) in [5, 5.41) is 0.970. The lowest BCUT2D eigenvalue weighted by atomic mass is 10.2. The van der Waals surface area contributed by atoms with Crippen molar-refractivity contribution < 1.29 is 4.42 Å². The Balaban J connectivity index is 2.05. The van der Waals surface area contributed by atoms with Crippen LogP contribution in [0.25, 0.3) is 21.7 Å². The number of hydrogen-bond acceptors (Lipinski definition) is 5. The summed E-state index contributed by atoms with van der Waals surface area (Å²) in [6, 6.07) is 5.94. The molecular weight excluding hydrogens is 326 g/mol. The summed E-state index contributed by atoms with van der Waals surface area (Å²) in [4.78, 5) is 8.96. The molecule has 3 aromatic rings. The second-order valence-electron chi connectivity index (χ2n) is 4.19. The van der Waals surface area contributed by atoms with Crippen molar-refractivity contribution in [3.8, 4) is 10.6 Å². The van der Waals surface area contributed by atoms with E-state index in [1.54, 1.807) is 11.3 Å². The minimum Gasteiger partial charge on any atom is -0.441 e. The zero-order valence-electron chi connectivity index (χ0n) is 10.3. The molecule has 0 saturated heterocycles. The SMILES string of the molecule is Cc1nc2cc(-c3nc(CCN)c(Br)s3)ccc2o1. The molecule has 0 radical (unpaired) electrons. The van der Waals surface area contributed by atoms with E-state index >= 15 is 0 Å². The molecule has 0 aliphatic heterocycles. The van der Waals surface area contributed by atoms with E-state index < -0.39 is 0 Å². The molecule has 0 atom stereocenters. The molecule has 3 rings (SSSR count). The summed E-state index contributed by atoms with van der Waals surface area (Å²) in [5.74, 6) is 0.677. The Kier molecular flexibility index (Phi) is 3.38. The van der Waals surface area contributed by atoms with Crippen LogP contribution in [0.4, 0.5) is 0 Å². The lowest BCUT2D eigenvalue weighted by molar-refractivity contribution is 0.561. The summed E-state index contributed by atoms with van der Waals surface area (Å²) >= 11 is 5.15. The number of thiazole rings is 1. The highest BCUT2D eigenvalue weighted by Gasteiger charge is 2.11. The molecule has 2 N–H and O–H groups in total. The molecule has 0 saturated carbocycles. The van der Waals surface area contributed by atoms with Crippen LogP contribution >= 0.6 is 27.3 Å². The van der Waals surface area contributed by atoms with Gasteiger partial charge in [0, 0.05) is 18.9 Å². The van der Waals surface area contributed by atoms with Gasteiger partial charge in [-0.15, -0.1) is 11.3 Å². The fourth-order valence-electron chi connectivity index (χ4n) is 1.92. The van der Waals surface area contributed by atoms with Crippen LogP contribution in [0.1, 0.15) is 11.6 Å². The fourth-order valence-corrected chi connectivity index (χ4v) is 3.51. The Labute approximate surface area is 122 Å². The number of nitrogens with two attached hydrogens (primary N) is 1. The fraction of sp³-hybridized carbons (Fsp3) is 0.231. The van der Waals surface area contributed by atoms with Crippen molar-refractivity contribution in [1.29, 1.82) is 0 Å². The van der Waals surface area contributed by atoms with Gasteiger partial charge < -0.3 is 10.2 Å². The topological polar surface area (TPSA) is 64.9 Å². The highest BCUT2D eigenvalue weighted by atomic mass is 79.9. The molecule has 0 fully saturated rings. The van der Waals surface area contributed by atoms with Crippen LogP contribution in [-0.2, 0) is 6.42 Å². The van der Waals surface area contributed by atoms with Crippen molar-refractivity contribution in [2.75, 3.05) is 6.54 Å². The monoisotopic (exact) mass is 337 g/mol. The van der Waals surface area contributed by atoms with Crippen molar-refractivity contribution in [1.82, 2.24) is 9.97 Å². The van der Waals surface area contributed by atoms with E-state index in [-0.39, 0.29) is 0 Å². The molecule has 0 bridgehead atoms. The second-order valence-corrected chi connectivity index (χ2v) is 6.51. The molecule has 0 spiro atoms. The third-order valence-corrected chi connectivity index (χ3v) is 4.65. The van der Waals surface area contributed by atoms with E-state index in [0.717, 1.165) is 37.6 Å². The number of rotatable bonds is 3. The molecular formula is C13H12BrN3OS. The number of benzene rings is 1. The largest absolute Gasteiger partial charge is 0.441 e. The smallest absolute Gasteiger partial charge is 0.192 e. The minimum atomic E-state index is 0.600. The number of oxazole rings is 1. The lowest BCUT2D eigenvalue weighted by Crippen LogP contribution is -2.03. The number of nitrogens with zero attached hydrogens (tertiary/aromatic N) is 2. The summed E-state index contributed by atoms with van der Waals surface area (Å²) < 4.78 is 6.52. The molecule has 0 aliphatic rings. The average Bonchev–Trinajstić information content (AvgIpc) is 2.91. The summed E-state index contributed by atoms with van der Waals surface area (Å²) in [5.41, 5.74) is 9.31. The predicted octanol–water partition coefficient (Wildman–Crippen LogP) is 3.52. The third kappa shape index (κ3) is 2.43. The molecule has 2 aromatic heterocycles. The Morgan fingerprint density at radius 1 is 1.37 bits per heavy atom. The van der Waals surface area contributed by atoms with Crippen molar-refractivity contribution in [2.45, 2.75) is 13.3 Å². The van der Waals surface area contributed by atoms with E-state index in [2.05, 4.69) is 25.9 Å². The van der Waals surface area contributed by atoms with Crippen LogP contribution in [0.3, 0.4) is 0 Å². The lowest BCUT2D eigenvalue weighted by Gasteiger charge is -1.95. The van der Waals surface area contributed by atoms with Gasteiger partial charge in [-0.2, -0.15) is 0 Å². The Bertz CT molecular complexity index is 735. The first kappa shape index (κ1) is 12.8. The minimum absolute atomic E-state index is 0.600. The zero-order valence-corrected chi connectivity index (χ0v) is 12.7. The Morgan fingerprint density at radius 3 is 3.00 bits per heavy atom. The van der Waals surface area contributed by atoms with Gasteiger partial charge in [-0.25, -0.2) is 9.97 Å². The Hall–Kier alpha value is -1.24. The van der Waals surface area contributed by atoms with Gasteiger partial charge in [0.15, 0.2) is 11.5 Å². The normalized spacial score (nSPS) is 11.3. The van der Waals surface area contributed by atoms with Crippen molar-refractivity contribution >= 4 is 38.4 Å². The standard InChI is InChI=1S/C13H12BrN3OS/c1-7-16-10-6-8(2-3-11(10)18-7)13-17-9(4-5-15)12(14)19-13/h2-3,6H,4-5,15H2,1H3. The summed E-state index contributed by atoms with van der Waals surface area (Å²) in [6.07, 6.45) is 0.780. The van der Waals surface area contributed by atoms with E-state index in [1.807, 2.05) is 25.1 Å². The van der Waals surface area contributed by atoms with Crippen LogP contribution in [-0.4, -0.2) is 16.5 Å². The van der Waals surface area contributed by atoms with Gasteiger partial charge in [-0.05, 0) is 40.7 Å². The highest BCUT2D eigenvalue weighted by Crippen LogP contribution is 2.33. The summed E-state index contributed by atoms with van der Waals surface area (Å²) in [6.45, 7) is 2.45. The van der Waals surface area contributed by atoms with E-state index in [9.17, 15) is 0 Å². The van der Waals surface area contributed by atoms with E-state index in [4.69, 9.17) is 10.2 Å². The third-order valence-electron chi connectivity index (χ3n) is 2.77. The van der Waals surface area contributed by atoms with Gasteiger partial charge in [0.05, 0.1) is 9.48 Å². The summed E-state index contributed by atoms with van der Waals surface area (Å²) in [7, 11) is 0. The van der Waals surface area contributed by atoms with Gasteiger partial charge in [-0.1, -0.05) is 0 Å². The molecule has 98 valence electrons.